The molecule has 3 aliphatic rings. The van der Waals surface area contributed by atoms with Crippen LogP contribution < -0.4 is 9.80 Å². The minimum Gasteiger partial charge on any atom is -0.356 e. The first-order valence-electron chi connectivity index (χ1n) is 10.3. The Bertz CT molecular complexity index is 622. The van der Waals surface area contributed by atoms with E-state index in [2.05, 4.69) is 37.7 Å². The topological polar surface area (TPSA) is 52.6 Å². The highest BCUT2D eigenvalue weighted by Gasteiger charge is 2.31. The van der Waals surface area contributed by atoms with Crippen LogP contribution in [0.5, 0.6) is 0 Å². The van der Waals surface area contributed by atoms with Crippen molar-refractivity contribution in [2.75, 3.05) is 49.1 Å². The van der Waals surface area contributed by atoms with Crippen LogP contribution in [-0.2, 0) is 4.79 Å². The number of hydrogen-bond acceptors (Lipinski definition) is 5. The van der Waals surface area contributed by atoms with E-state index in [4.69, 9.17) is 0 Å². The summed E-state index contributed by atoms with van der Waals surface area (Å²) >= 11 is 0. The zero-order chi connectivity index (χ0) is 17.9. The van der Waals surface area contributed by atoms with Gasteiger partial charge in [0.05, 0.1) is 0 Å². The molecule has 0 saturated carbocycles. The average molecular weight is 358 g/mol. The maximum absolute atomic E-state index is 12.8. The van der Waals surface area contributed by atoms with E-state index in [0.29, 0.717) is 11.8 Å². The second kappa shape index (κ2) is 7.80. The Kier molecular flexibility index (Phi) is 5.27. The summed E-state index contributed by atoms with van der Waals surface area (Å²) in [6.07, 6.45) is 8.49. The van der Waals surface area contributed by atoms with Crippen molar-refractivity contribution < 1.29 is 4.79 Å². The quantitative estimate of drug-likeness (QED) is 0.832. The molecular weight excluding hydrogens is 326 g/mol. The molecule has 3 saturated heterocycles. The van der Waals surface area contributed by atoms with Crippen LogP contribution in [0.3, 0.4) is 0 Å². The zero-order valence-corrected chi connectivity index (χ0v) is 15.9. The Hall–Kier alpha value is -1.85. The number of carbonyl (C=O) groups is 1. The Morgan fingerprint density at radius 3 is 2.23 bits per heavy atom. The van der Waals surface area contributed by atoms with Crippen molar-refractivity contribution in [1.82, 2.24) is 14.9 Å². The largest absolute Gasteiger partial charge is 0.356 e. The lowest BCUT2D eigenvalue weighted by Crippen LogP contribution is -2.46. The van der Waals surface area contributed by atoms with Crippen LogP contribution in [0.25, 0.3) is 0 Å². The van der Waals surface area contributed by atoms with E-state index in [9.17, 15) is 4.79 Å². The molecule has 0 N–H and O–H groups in total. The highest BCUT2D eigenvalue weighted by molar-refractivity contribution is 5.79. The average Bonchev–Trinajstić information content (AvgIpc) is 3.23. The number of rotatable bonds is 3. The number of piperidine rings is 2. The molecule has 3 aliphatic heterocycles. The van der Waals surface area contributed by atoms with Gasteiger partial charge in [0.2, 0.25) is 5.91 Å². The van der Waals surface area contributed by atoms with Crippen LogP contribution in [0.15, 0.2) is 12.4 Å². The van der Waals surface area contributed by atoms with Crippen LogP contribution in [0.4, 0.5) is 11.6 Å². The first kappa shape index (κ1) is 17.6. The van der Waals surface area contributed by atoms with Gasteiger partial charge in [0, 0.05) is 51.3 Å². The highest BCUT2D eigenvalue weighted by atomic mass is 16.2. The molecule has 0 aliphatic carbocycles. The van der Waals surface area contributed by atoms with E-state index in [0.717, 1.165) is 70.2 Å². The molecule has 4 rings (SSSR count). The molecule has 6 nitrogen and oxygen atoms in total. The summed E-state index contributed by atoms with van der Waals surface area (Å²) < 4.78 is 0. The van der Waals surface area contributed by atoms with Crippen LogP contribution in [0.2, 0.25) is 0 Å². The molecule has 1 aromatic heterocycles. The third-order valence-electron chi connectivity index (χ3n) is 6.21. The van der Waals surface area contributed by atoms with Crippen molar-refractivity contribution in [2.24, 2.45) is 11.8 Å². The molecule has 0 aromatic carbocycles. The zero-order valence-electron chi connectivity index (χ0n) is 15.9. The maximum atomic E-state index is 12.8. The summed E-state index contributed by atoms with van der Waals surface area (Å²) in [4.78, 5) is 28.6. The molecule has 1 amide bonds. The van der Waals surface area contributed by atoms with E-state index in [1.165, 1.54) is 19.3 Å². The Balaban J connectivity index is 1.34. The van der Waals surface area contributed by atoms with Crippen molar-refractivity contribution in [3.63, 3.8) is 0 Å². The lowest BCUT2D eigenvalue weighted by Gasteiger charge is -2.37. The minimum absolute atomic E-state index is 0.191. The van der Waals surface area contributed by atoms with Gasteiger partial charge in [0.15, 0.2) is 0 Å². The highest BCUT2D eigenvalue weighted by Crippen LogP contribution is 2.27. The molecule has 3 fully saturated rings. The molecule has 0 radical (unpaired) electrons. The standard InChI is InChI=1S/C20H31N5O/c1-16-5-4-10-25(14-16)20(26)17-6-11-24(12-7-17)19-13-18(21-15-22-19)23-8-2-3-9-23/h13,15-17H,2-12,14H2,1H3. The van der Waals surface area contributed by atoms with Crippen LogP contribution >= 0.6 is 0 Å². The van der Waals surface area contributed by atoms with Gasteiger partial charge in [-0.2, -0.15) is 0 Å². The molecule has 0 bridgehead atoms. The molecule has 1 aromatic rings. The molecule has 1 atom stereocenters. The lowest BCUT2D eigenvalue weighted by molar-refractivity contribution is -0.137. The Morgan fingerprint density at radius 2 is 1.58 bits per heavy atom. The van der Waals surface area contributed by atoms with Gasteiger partial charge < -0.3 is 14.7 Å². The summed E-state index contributed by atoms with van der Waals surface area (Å²) in [5, 5.41) is 0. The van der Waals surface area contributed by atoms with E-state index in [-0.39, 0.29) is 5.92 Å². The summed E-state index contributed by atoms with van der Waals surface area (Å²) in [5.74, 6) is 3.29. The molecule has 26 heavy (non-hydrogen) atoms. The number of hydrogen-bond donors (Lipinski definition) is 0. The number of amides is 1. The van der Waals surface area contributed by atoms with E-state index in [1.54, 1.807) is 6.33 Å². The fourth-order valence-electron chi connectivity index (χ4n) is 4.63. The number of anilines is 2. The van der Waals surface area contributed by atoms with Crippen molar-refractivity contribution in [1.29, 1.82) is 0 Å². The summed E-state index contributed by atoms with van der Waals surface area (Å²) in [7, 11) is 0. The minimum atomic E-state index is 0.191. The molecule has 0 spiro atoms. The third kappa shape index (κ3) is 3.79. The second-order valence-corrected chi connectivity index (χ2v) is 8.22. The predicted octanol–water partition coefficient (Wildman–Crippen LogP) is 2.55. The predicted molar refractivity (Wildman–Crippen MR) is 103 cm³/mol. The normalized spacial score (nSPS) is 25.0. The first-order chi connectivity index (χ1) is 12.7. The fourth-order valence-corrected chi connectivity index (χ4v) is 4.63. The van der Waals surface area contributed by atoms with Gasteiger partial charge in [-0.3, -0.25) is 4.79 Å². The van der Waals surface area contributed by atoms with Crippen molar-refractivity contribution in [3.8, 4) is 0 Å². The van der Waals surface area contributed by atoms with Crippen LogP contribution in [-0.4, -0.2) is 60.0 Å². The van der Waals surface area contributed by atoms with E-state index < -0.39 is 0 Å². The Morgan fingerprint density at radius 1 is 0.923 bits per heavy atom. The fraction of sp³-hybridized carbons (Fsp3) is 0.750. The number of aromatic nitrogens is 2. The van der Waals surface area contributed by atoms with Crippen molar-refractivity contribution in [3.05, 3.63) is 12.4 Å². The maximum Gasteiger partial charge on any atom is 0.225 e. The SMILES string of the molecule is CC1CCCN(C(=O)C2CCN(c3cc(N4CCCC4)ncn3)CC2)C1. The van der Waals surface area contributed by atoms with Crippen LogP contribution in [0, 0.1) is 11.8 Å². The molecule has 142 valence electrons. The van der Waals surface area contributed by atoms with Gasteiger partial charge in [0.25, 0.3) is 0 Å². The third-order valence-corrected chi connectivity index (χ3v) is 6.21. The van der Waals surface area contributed by atoms with Gasteiger partial charge in [-0.1, -0.05) is 6.92 Å². The van der Waals surface area contributed by atoms with Gasteiger partial charge in [-0.15, -0.1) is 0 Å². The summed E-state index contributed by atoms with van der Waals surface area (Å²) in [6.45, 7) is 8.18. The lowest BCUT2D eigenvalue weighted by atomic mass is 9.93. The van der Waals surface area contributed by atoms with Crippen molar-refractivity contribution >= 4 is 17.5 Å². The second-order valence-electron chi connectivity index (χ2n) is 8.22. The van der Waals surface area contributed by atoms with Gasteiger partial charge in [0.1, 0.15) is 18.0 Å². The van der Waals surface area contributed by atoms with E-state index >= 15 is 0 Å². The number of likely N-dealkylation sites (tertiary alicyclic amines) is 1. The molecule has 6 heteroatoms. The van der Waals surface area contributed by atoms with Gasteiger partial charge >= 0.3 is 0 Å². The molecule has 4 heterocycles. The first-order valence-corrected chi connectivity index (χ1v) is 10.3. The molecular formula is C20H31N5O. The van der Waals surface area contributed by atoms with Gasteiger partial charge in [-0.05, 0) is 44.4 Å². The number of nitrogens with zero attached hydrogens (tertiary/aromatic N) is 5. The molecule has 1 unspecified atom stereocenters. The van der Waals surface area contributed by atoms with Gasteiger partial charge in [-0.25, -0.2) is 9.97 Å². The summed E-state index contributed by atoms with van der Waals surface area (Å²) in [5.41, 5.74) is 0. The Labute approximate surface area is 156 Å². The van der Waals surface area contributed by atoms with E-state index in [1.807, 2.05) is 0 Å². The smallest absolute Gasteiger partial charge is 0.225 e. The van der Waals surface area contributed by atoms with Crippen molar-refractivity contribution in [2.45, 2.75) is 45.4 Å². The number of carbonyl (C=O) groups excluding carboxylic acids is 1. The monoisotopic (exact) mass is 357 g/mol. The summed E-state index contributed by atoms with van der Waals surface area (Å²) in [6, 6.07) is 2.12. The van der Waals surface area contributed by atoms with Crippen LogP contribution in [0.1, 0.15) is 45.4 Å².